The molecule has 4 rings (SSSR count). The summed E-state index contributed by atoms with van der Waals surface area (Å²) >= 11 is 0. The maximum Gasteiger partial charge on any atom is 0.200 e. The van der Waals surface area contributed by atoms with Gasteiger partial charge in [0.2, 0.25) is 5.75 Å². The lowest BCUT2D eigenvalue weighted by Gasteiger charge is -2.20. The molecule has 0 aromatic heterocycles. The molecule has 1 aliphatic rings. The van der Waals surface area contributed by atoms with Crippen molar-refractivity contribution < 1.29 is 39.4 Å². The topological polar surface area (TPSA) is 118 Å². The molecule has 4 N–H and O–H groups in total. The molecule has 0 fully saturated rings. The number of phenols is 3. The molecule has 2 atom stereocenters. The first-order valence-corrected chi connectivity index (χ1v) is 10.5. The second kappa shape index (κ2) is 9.44. The first-order valence-electron chi connectivity index (χ1n) is 10.5. The maximum atomic E-state index is 10.3. The SMILES string of the molecule is COc1cc([C@@H]2Oc3c(OC)cc(/C=C/c4cc(O)cc(O)c4)cc3[C@H]2CO)cc(OC)c1O. The van der Waals surface area contributed by atoms with Gasteiger partial charge in [-0.05, 0) is 47.5 Å². The quantitative estimate of drug-likeness (QED) is 0.383. The largest absolute Gasteiger partial charge is 0.508 e. The van der Waals surface area contributed by atoms with Gasteiger partial charge in [-0.2, -0.15) is 0 Å². The minimum atomic E-state index is -0.570. The molecule has 3 aromatic rings. The van der Waals surface area contributed by atoms with Crippen LogP contribution < -0.4 is 18.9 Å². The number of phenolic OH excluding ortho intramolecular Hbond substituents is 3. The van der Waals surface area contributed by atoms with E-state index in [1.807, 2.05) is 12.1 Å². The summed E-state index contributed by atoms with van der Waals surface area (Å²) in [5.41, 5.74) is 2.82. The highest BCUT2D eigenvalue weighted by molar-refractivity contribution is 5.73. The van der Waals surface area contributed by atoms with Gasteiger partial charge in [-0.1, -0.05) is 12.2 Å². The van der Waals surface area contributed by atoms with E-state index in [0.29, 0.717) is 22.6 Å². The van der Waals surface area contributed by atoms with Crippen LogP contribution in [0.1, 0.15) is 34.3 Å². The lowest BCUT2D eigenvalue weighted by Crippen LogP contribution is -2.13. The van der Waals surface area contributed by atoms with Crippen LogP contribution in [0, 0.1) is 0 Å². The summed E-state index contributed by atoms with van der Waals surface area (Å²) in [5.74, 6) is 0.865. The van der Waals surface area contributed by atoms with E-state index in [2.05, 4.69) is 0 Å². The monoisotopic (exact) mass is 466 g/mol. The first-order chi connectivity index (χ1) is 16.4. The number of ether oxygens (including phenoxy) is 4. The fourth-order valence-corrected chi connectivity index (χ4v) is 4.15. The van der Waals surface area contributed by atoms with Crippen molar-refractivity contribution in [2.24, 2.45) is 0 Å². The van der Waals surface area contributed by atoms with Crippen molar-refractivity contribution in [2.75, 3.05) is 27.9 Å². The molecule has 0 spiro atoms. The van der Waals surface area contributed by atoms with Gasteiger partial charge in [-0.15, -0.1) is 0 Å². The van der Waals surface area contributed by atoms with Crippen LogP contribution in [-0.4, -0.2) is 48.4 Å². The van der Waals surface area contributed by atoms with Gasteiger partial charge in [0.15, 0.2) is 23.0 Å². The Labute approximate surface area is 196 Å². The highest BCUT2D eigenvalue weighted by Gasteiger charge is 2.38. The van der Waals surface area contributed by atoms with Gasteiger partial charge < -0.3 is 39.4 Å². The van der Waals surface area contributed by atoms with Crippen LogP contribution in [0.2, 0.25) is 0 Å². The molecule has 0 aliphatic carbocycles. The molecule has 0 unspecified atom stereocenters. The number of aliphatic hydroxyl groups excluding tert-OH is 1. The van der Waals surface area contributed by atoms with Gasteiger partial charge in [0.05, 0.1) is 33.9 Å². The minimum absolute atomic E-state index is 0.0393. The van der Waals surface area contributed by atoms with E-state index in [9.17, 15) is 20.4 Å². The van der Waals surface area contributed by atoms with Gasteiger partial charge in [0.1, 0.15) is 17.6 Å². The van der Waals surface area contributed by atoms with Gasteiger partial charge in [0, 0.05) is 17.2 Å². The molecule has 1 aliphatic heterocycles. The van der Waals surface area contributed by atoms with Gasteiger partial charge in [0.25, 0.3) is 0 Å². The number of benzene rings is 3. The van der Waals surface area contributed by atoms with E-state index >= 15 is 0 Å². The van der Waals surface area contributed by atoms with Crippen LogP contribution in [-0.2, 0) is 0 Å². The third-order valence-electron chi connectivity index (χ3n) is 5.76. The van der Waals surface area contributed by atoms with Crippen molar-refractivity contribution in [1.82, 2.24) is 0 Å². The maximum absolute atomic E-state index is 10.3. The Kier molecular flexibility index (Phi) is 6.43. The predicted molar refractivity (Wildman–Crippen MR) is 126 cm³/mol. The van der Waals surface area contributed by atoms with Crippen molar-refractivity contribution >= 4 is 12.2 Å². The number of aliphatic hydroxyl groups is 1. The van der Waals surface area contributed by atoms with Crippen molar-refractivity contribution in [3.63, 3.8) is 0 Å². The Morgan fingerprint density at radius 2 is 1.32 bits per heavy atom. The zero-order valence-electron chi connectivity index (χ0n) is 19.0. The summed E-state index contributed by atoms with van der Waals surface area (Å²) in [6, 6.07) is 11.3. The zero-order valence-corrected chi connectivity index (χ0v) is 19.0. The number of aromatic hydroxyl groups is 3. The summed E-state index contributed by atoms with van der Waals surface area (Å²) in [6.45, 7) is -0.195. The van der Waals surface area contributed by atoms with Crippen molar-refractivity contribution in [3.8, 4) is 40.2 Å². The Morgan fingerprint density at radius 1 is 0.765 bits per heavy atom. The highest BCUT2D eigenvalue weighted by Crippen LogP contribution is 2.52. The van der Waals surface area contributed by atoms with E-state index in [1.54, 1.807) is 24.3 Å². The van der Waals surface area contributed by atoms with E-state index in [1.165, 1.54) is 39.5 Å². The Balaban J connectivity index is 1.73. The molecular weight excluding hydrogens is 440 g/mol. The summed E-state index contributed by atoms with van der Waals surface area (Å²) in [5, 5.41) is 39.9. The molecule has 1 heterocycles. The predicted octanol–water partition coefficient (Wildman–Crippen LogP) is 4.21. The number of hydrogen-bond donors (Lipinski definition) is 4. The number of fused-ring (bicyclic) bond motifs is 1. The molecule has 0 saturated heterocycles. The smallest absolute Gasteiger partial charge is 0.200 e. The van der Waals surface area contributed by atoms with Gasteiger partial charge >= 0.3 is 0 Å². The molecule has 8 heteroatoms. The lowest BCUT2D eigenvalue weighted by atomic mass is 9.90. The van der Waals surface area contributed by atoms with E-state index in [0.717, 1.165) is 11.1 Å². The third kappa shape index (κ3) is 4.27. The van der Waals surface area contributed by atoms with Crippen LogP contribution in [0.25, 0.3) is 12.2 Å². The second-order valence-electron chi connectivity index (χ2n) is 7.86. The van der Waals surface area contributed by atoms with E-state index in [-0.39, 0.29) is 35.4 Å². The van der Waals surface area contributed by atoms with E-state index in [4.69, 9.17) is 18.9 Å². The normalized spacial score (nSPS) is 16.8. The third-order valence-corrected chi connectivity index (χ3v) is 5.76. The van der Waals surface area contributed by atoms with Crippen LogP contribution in [0.3, 0.4) is 0 Å². The van der Waals surface area contributed by atoms with Gasteiger partial charge in [-0.3, -0.25) is 0 Å². The van der Waals surface area contributed by atoms with Crippen LogP contribution in [0.5, 0.6) is 40.2 Å². The molecule has 0 amide bonds. The summed E-state index contributed by atoms with van der Waals surface area (Å²) in [6.07, 6.45) is 2.99. The Bertz CT molecular complexity index is 1190. The van der Waals surface area contributed by atoms with Crippen molar-refractivity contribution in [1.29, 1.82) is 0 Å². The zero-order chi connectivity index (χ0) is 24.4. The fraction of sp³-hybridized carbons (Fsp3) is 0.231. The van der Waals surface area contributed by atoms with E-state index < -0.39 is 12.0 Å². The molecule has 0 bridgehead atoms. The van der Waals surface area contributed by atoms with Crippen LogP contribution >= 0.6 is 0 Å². The summed E-state index contributed by atoms with van der Waals surface area (Å²) in [4.78, 5) is 0. The molecule has 178 valence electrons. The molecule has 3 aromatic carbocycles. The Morgan fingerprint density at radius 3 is 1.85 bits per heavy atom. The molecule has 0 radical (unpaired) electrons. The van der Waals surface area contributed by atoms with Crippen LogP contribution in [0.15, 0.2) is 42.5 Å². The first kappa shape index (κ1) is 23.1. The number of rotatable bonds is 7. The Hall–Kier alpha value is -4.04. The average molecular weight is 466 g/mol. The molecule has 0 saturated carbocycles. The summed E-state index contributed by atoms with van der Waals surface area (Å²) < 4.78 is 22.3. The molecule has 8 nitrogen and oxygen atoms in total. The van der Waals surface area contributed by atoms with Crippen molar-refractivity contribution in [2.45, 2.75) is 12.0 Å². The van der Waals surface area contributed by atoms with Crippen LogP contribution in [0.4, 0.5) is 0 Å². The standard InChI is InChI=1S/C26H26O8/c1-31-21-10-16(11-22(32-2)24(21)30)25-20(13-27)19-8-15(9-23(33-3)26(19)34-25)5-4-14-6-17(28)12-18(29)7-14/h4-12,20,25,27-30H,13H2,1-3H3/b5-4+/t20-,25+/m1/s1. The lowest BCUT2D eigenvalue weighted by molar-refractivity contribution is 0.156. The second-order valence-corrected chi connectivity index (χ2v) is 7.86. The van der Waals surface area contributed by atoms with Crippen molar-refractivity contribution in [3.05, 3.63) is 64.7 Å². The fourth-order valence-electron chi connectivity index (χ4n) is 4.15. The number of methoxy groups -OCH3 is 3. The average Bonchev–Trinajstić information content (AvgIpc) is 3.20. The minimum Gasteiger partial charge on any atom is -0.508 e. The summed E-state index contributed by atoms with van der Waals surface area (Å²) in [7, 11) is 4.42. The molecule has 34 heavy (non-hydrogen) atoms. The van der Waals surface area contributed by atoms with Gasteiger partial charge in [-0.25, -0.2) is 0 Å². The molecular formula is C26H26O8. The highest BCUT2D eigenvalue weighted by atomic mass is 16.5. The number of hydrogen-bond acceptors (Lipinski definition) is 8.